The fourth-order valence-electron chi connectivity index (χ4n) is 3.55. The second kappa shape index (κ2) is 10.9. The van der Waals surface area contributed by atoms with Crippen molar-refractivity contribution >= 4 is 11.9 Å². The zero-order chi connectivity index (χ0) is 24.8. The van der Waals surface area contributed by atoms with E-state index in [2.05, 4.69) is 30.6 Å². The van der Waals surface area contributed by atoms with Gasteiger partial charge in [0.1, 0.15) is 5.82 Å². The number of aliphatic hydroxyl groups is 1. The Morgan fingerprint density at radius 3 is 2.66 bits per heavy atom. The van der Waals surface area contributed by atoms with Crippen LogP contribution < -0.4 is 16.4 Å². The van der Waals surface area contributed by atoms with Gasteiger partial charge in [0.25, 0.3) is 0 Å². The molecule has 0 radical (unpaired) electrons. The van der Waals surface area contributed by atoms with Gasteiger partial charge in [-0.25, -0.2) is 19.3 Å². The van der Waals surface area contributed by atoms with Gasteiger partial charge in [0.2, 0.25) is 18.1 Å². The molecule has 11 nitrogen and oxygen atoms in total. The molecule has 1 saturated heterocycles. The normalized spacial score (nSPS) is 19.9. The average molecular weight is 486 g/mol. The van der Waals surface area contributed by atoms with Gasteiger partial charge in [0, 0.05) is 31.4 Å². The first-order chi connectivity index (χ1) is 16.9. The van der Waals surface area contributed by atoms with Gasteiger partial charge < -0.3 is 35.9 Å². The molecule has 6 N–H and O–H groups in total. The maximum absolute atomic E-state index is 13.6. The lowest BCUT2D eigenvalue weighted by molar-refractivity contribution is -0.231. The molecule has 1 amide bonds. The fourth-order valence-corrected chi connectivity index (χ4v) is 3.55. The monoisotopic (exact) mass is 485 g/mol. The summed E-state index contributed by atoms with van der Waals surface area (Å²) in [4.78, 5) is 29.0. The summed E-state index contributed by atoms with van der Waals surface area (Å²) >= 11 is 0. The molecular formula is C23H28FN7O4. The quantitative estimate of drug-likeness (QED) is 0.300. The van der Waals surface area contributed by atoms with E-state index in [4.69, 9.17) is 20.3 Å². The molecule has 4 rings (SSSR count). The van der Waals surface area contributed by atoms with Crippen molar-refractivity contribution in [1.82, 2.24) is 25.3 Å². The maximum atomic E-state index is 13.6. The number of aromatic nitrogens is 4. The van der Waals surface area contributed by atoms with Gasteiger partial charge in [-0.1, -0.05) is 0 Å². The van der Waals surface area contributed by atoms with E-state index in [0.29, 0.717) is 54.1 Å². The molecule has 3 heterocycles. The standard InChI is InChI=1S/C23H28FN7O4/c1-23(21(33)26-9-7-25)12-34-20(35-13-23)19-30-17(14-2-4-15(24)5-3-14)18(31-19)16-6-8-27-22(29-16)28-10-11-32/h2-6,8,20,32H,7,9-13,25H2,1H3,(H,26,33)(H,30,31)(H,27,28,29). The second-order valence-corrected chi connectivity index (χ2v) is 8.33. The van der Waals surface area contributed by atoms with Gasteiger partial charge in [0.15, 0.2) is 5.82 Å². The number of anilines is 1. The van der Waals surface area contributed by atoms with Crippen LogP contribution in [0.15, 0.2) is 36.5 Å². The number of hydrogen-bond donors (Lipinski definition) is 5. The predicted molar refractivity (Wildman–Crippen MR) is 125 cm³/mol. The van der Waals surface area contributed by atoms with Crippen molar-refractivity contribution in [2.24, 2.45) is 11.1 Å². The first-order valence-electron chi connectivity index (χ1n) is 11.2. The Morgan fingerprint density at radius 1 is 1.23 bits per heavy atom. The number of hydrogen-bond acceptors (Lipinski definition) is 9. The van der Waals surface area contributed by atoms with Crippen molar-refractivity contribution in [1.29, 1.82) is 0 Å². The number of aliphatic hydroxyl groups excluding tert-OH is 1. The molecule has 0 spiro atoms. The minimum Gasteiger partial charge on any atom is -0.395 e. The zero-order valence-electron chi connectivity index (χ0n) is 19.3. The third-order valence-electron chi connectivity index (χ3n) is 5.45. The highest BCUT2D eigenvalue weighted by Crippen LogP contribution is 2.35. The molecule has 0 bridgehead atoms. The van der Waals surface area contributed by atoms with Crippen LogP contribution in [0.1, 0.15) is 19.0 Å². The van der Waals surface area contributed by atoms with Crippen molar-refractivity contribution in [3.63, 3.8) is 0 Å². The zero-order valence-corrected chi connectivity index (χ0v) is 19.3. The van der Waals surface area contributed by atoms with E-state index in [1.54, 1.807) is 31.3 Å². The van der Waals surface area contributed by atoms with E-state index in [9.17, 15) is 9.18 Å². The van der Waals surface area contributed by atoms with Gasteiger partial charge in [0.05, 0.1) is 42.3 Å². The Bertz CT molecular complexity index is 1150. The number of carbonyl (C=O) groups is 1. The highest BCUT2D eigenvalue weighted by atomic mass is 19.1. The van der Waals surface area contributed by atoms with Crippen LogP contribution in [0.2, 0.25) is 0 Å². The molecule has 0 atom stereocenters. The molecule has 1 aliphatic heterocycles. The lowest BCUT2D eigenvalue weighted by atomic mass is 9.91. The molecule has 1 fully saturated rings. The molecule has 186 valence electrons. The molecule has 12 heteroatoms. The Balaban J connectivity index is 1.62. The number of nitrogens with one attached hydrogen (secondary N) is 3. The van der Waals surface area contributed by atoms with Crippen molar-refractivity contribution in [2.45, 2.75) is 13.2 Å². The van der Waals surface area contributed by atoms with Crippen molar-refractivity contribution < 1.29 is 23.8 Å². The number of amides is 1. The van der Waals surface area contributed by atoms with E-state index in [1.807, 2.05) is 0 Å². The molecule has 0 unspecified atom stereocenters. The molecule has 3 aromatic rings. The van der Waals surface area contributed by atoms with Gasteiger partial charge in [-0.15, -0.1) is 0 Å². The Labute approximate surface area is 201 Å². The van der Waals surface area contributed by atoms with Crippen molar-refractivity contribution in [2.75, 3.05) is 44.8 Å². The molecule has 0 aliphatic carbocycles. The summed E-state index contributed by atoms with van der Waals surface area (Å²) in [6.07, 6.45) is 0.739. The van der Waals surface area contributed by atoms with Crippen LogP contribution >= 0.6 is 0 Å². The topological polar surface area (TPSA) is 160 Å². The van der Waals surface area contributed by atoms with Gasteiger partial charge >= 0.3 is 0 Å². The summed E-state index contributed by atoms with van der Waals surface area (Å²) in [5.41, 5.74) is 6.88. The van der Waals surface area contributed by atoms with Crippen molar-refractivity contribution in [3.8, 4) is 22.6 Å². The number of benzene rings is 1. The number of carbonyl (C=O) groups excluding carboxylic acids is 1. The van der Waals surface area contributed by atoms with Crippen molar-refractivity contribution in [3.05, 3.63) is 48.2 Å². The largest absolute Gasteiger partial charge is 0.395 e. The summed E-state index contributed by atoms with van der Waals surface area (Å²) in [5.74, 6) is 0.154. The third kappa shape index (κ3) is 5.62. The number of halogens is 1. The minimum absolute atomic E-state index is 0.0673. The molecule has 0 saturated carbocycles. The van der Waals surface area contributed by atoms with Crippen LogP contribution in [0, 0.1) is 11.2 Å². The second-order valence-electron chi connectivity index (χ2n) is 8.33. The van der Waals surface area contributed by atoms with Crippen LogP contribution in [0.4, 0.5) is 10.3 Å². The van der Waals surface area contributed by atoms with E-state index in [-0.39, 0.29) is 31.5 Å². The molecule has 2 aromatic heterocycles. The predicted octanol–water partition coefficient (Wildman–Crippen LogP) is 1.20. The fraction of sp³-hybridized carbons (Fsp3) is 0.391. The molecule has 1 aliphatic rings. The lowest BCUT2D eigenvalue weighted by Gasteiger charge is -2.35. The number of imidazole rings is 1. The summed E-state index contributed by atoms with van der Waals surface area (Å²) < 4.78 is 25.3. The minimum atomic E-state index is -0.860. The van der Waals surface area contributed by atoms with Crippen LogP contribution in [0.25, 0.3) is 22.6 Å². The van der Waals surface area contributed by atoms with Crippen LogP contribution in [-0.2, 0) is 14.3 Å². The highest BCUT2D eigenvalue weighted by Gasteiger charge is 2.40. The van der Waals surface area contributed by atoms with E-state index >= 15 is 0 Å². The van der Waals surface area contributed by atoms with Gasteiger partial charge in [-0.2, -0.15) is 0 Å². The molecular weight excluding hydrogens is 457 g/mol. The van der Waals surface area contributed by atoms with E-state index < -0.39 is 11.7 Å². The Morgan fingerprint density at radius 2 is 1.97 bits per heavy atom. The highest BCUT2D eigenvalue weighted by molar-refractivity contribution is 5.82. The van der Waals surface area contributed by atoms with Crippen LogP contribution in [0.3, 0.4) is 0 Å². The Kier molecular flexibility index (Phi) is 7.66. The van der Waals surface area contributed by atoms with Gasteiger partial charge in [-0.3, -0.25) is 4.79 Å². The summed E-state index contributed by atoms with van der Waals surface area (Å²) in [6, 6.07) is 7.63. The first-order valence-corrected chi connectivity index (χ1v) is 11.2. The summed E-state index contributed by atoms with van der Waals surface area (Å²) in [5, 5.41) is 14.8. The van der Waals surface area contributed by atoms with Crippen LogP contribution in [0.5, 0.6) is 0 Å². The number of H-pyrrole nitrogens is 1. The Hall–Kier alpha value is -3.45. The molecule has 35 heavy (non-hydrogen) atoms. The maximum Gasteiger partial charge on any atom is 0.230 e. The summed E-state index contributed by atoms with van der Waals surface area (Å²) in [7, 11) is 0. The van der Waals surface area contributed by atoms with Gasteiger partial charge in [-0.05, 0) is 37.3 Å². The third-order valence-corrected chi connectivity index (χ3v) is 5.45. The SMILES string of the molecule is CC1(C(=O)NCCN)COC(c2nc(-c3ccc(F)cc3)c(-c3ccnc(NCCO)n3)[nH]2)OC1. The van der Waals surface area contributed by atoms with Crippen LogP contribution in [-0.4, -0.2) is 70.4 Å². The molecule has 1 aromatic carbocycles. The smallest absolute Gasteiger partial charge is 0.230 e. The number of nitrogens with zero attached hydrogens (tertiary/aromatic N) is 3. The number of ether oxygens (including phenoxy) is 2. The number of rotatable bonds is 9. The lowest BCUT2D eigenvalue weighted by Crippen LogP contribution is -2.49. The van der Waals surface area contributed by atoms with E-state index in [0.717, 1.165) is 0 Å². The number of nitrogens with two attached hydrogens (primary N) is 1. The average Bonchev–Trinajstić information content (AvgIpc) is 3.32. The number of aromatic amines is 1. The first kappa shape index (κ1) is 24.7. The van der Waals surface area contributed by atoms with E-state index in [1.165, 1.54) is 12.1 Å². The summed E-state index contributed by atoms with van der Waals surface area (Å²) in [6.45, 7) is 2.94.